The number of aliphatic hydroxyl groups is 1. The molecule has 0 saturated heterocycles. The quantitative estimate of drug-likeness (QED) is 0.578. The molecule has 2 aromatic carbocycles. The van der Waals surface area contributed by atoms with Gasteiger partial charge in [-0.1, -0.05) is 36.4 Å². The van der Waals surface area contributed by atoms with E-state index in [4.69, 9.17) is 4.74 Å². The molecule has 2 heterocycles. The van der Waals surface area contributed by atoms with Crippen LogP contribution in [0.1, 0.15) is 40.1 Å². The standard InChI is InChI=1S/C24H24N2O5S/c1-2-31-24(28)19-11-9-17(10-12-19)14-21-23(27)20-7-3-4-8-22(20)32(29,30)26(21)16-18-6-5-13-25-15-18/h3-13,15,21,23,27H,2,14,16H2,1H3/t21-,23-/m1/s1. The first-order chi connectivity index (χ1) is 15.4. The van der Waals surface area contributed by atoms with E-state index in [2.05, 4.69) is 4.98 Å². The van der Waals surface area contributed by atoms with Gasteiger partial charge in [-0.25, -0.2) is 13.2 Å². The third kappa shape index (κ3) is 4.29. The molecule has 1 aliphatic heterocycles. The number of rotatable bonds is 6. The van der Waals surface area contributed by atoms with Crippen LogP contribution in [0.4, 0.5) is 0 Å². The van der Waals surface area contributed by atoms with Gasteiger partial charge in [0.05, 0.1) is 29.2 Å². The van der Waals surface area contributed by atoms with E-state index in [0.29, 0.717) is 11.1 Å². The zero-order valence-electron chi connectivity index (χ0n) is 17.6. The highest BCUT2D eigenvalue weighted by Crippen LogP contribution is 2.38. The summed E-state index contributed by atoms with van der Waals surface area (Å²) in [5.41, 5.74) is 2.34. The summed E-state index contributed by atoms with van der Waals surface area (Å²) >= 11 is 0. The Balaban J connectivity index is 1.70. The van der Waals surface area contributed by atoms with Crippen LogP contribution in [0.25, 0.3) is 0 Å². The lowest BCUT2D eigenvalue weighted by Gasteiger charge is -2.39. The van der Waals surface area contributed by atoms with Crippen molar-refractivity contribution in [3.05, 3.63) is 95.3 Å². The van der Waals surface area contributed by atoms with Gasteiger partial charge in [0.1, 0.15) is 0 Å². The Labute approximate surface area is 187 Å². The van der Waals surface area contributed by atoms with Crippen molar-refractivity contribution in [1.29, 1.82) is 0 Å². The molecular weight excluding hydrogens is 428 g/mol. The highest BCUT2D eigenvalue weighted by atomic mass is 32.2. The number of nitrogens with zero attached hydrogens (tertiary/aromatic N) is 2. The van der Waals surface area contributed by atoms with Crippen molar-refractivity contribution >= 4 is 16.0 Å². The minimum absolute atomic E-state index is 0.0904. The lowest BCUT2D eigenvalue weighted by Crippen LogP contribution is -2.48. The maximum Gasteiger partial charge on any atom is 0.338 e. The normalized spacial score (nSPS) is 19.8. The van der Waals surface area contributed by atoms with Gasteiger partial charge in [0, 0.05) is 24.5 Å². The molecule has 0 radical (unpaired) electrons. The number of aromatic nitrogens is 1. The molecule has 2 atom stereocenters. The van der Waals surface area contributed by atoms with Gasteiger partial charge in [-0.05, 0) is 48.7 Å². The van der Waals surface area contributed by atoms with Crippen LogP contribution in [-0.2, 0) is 27.7 Å². The predicted octanol–water partition coefficient (Wildman–Crippen LogP) is 3.11. The lowest BCUT2D eigenvalue weighted by molar-refractivity contribution is 0.0526. The van der Waals surface area contributed by atoms with Crippen LogP contribution in [0.3, 0.4) is 0 Å². The number of esters is 1. The third-order valence-corrected chi connectivity index (χ3v) is 7.47. The summed E-state index contributed by atoms with van der Waals surface area (Å²) in [6, 6.07) is 16.2. The summed E-state index contributed by atoms with van der Waals surface area (Å²) in [6.07, 6.45) is 2.52. The van der Waals surface area contributed by atoms with Crippen LogP contribution in [0.15, 0.2) is 78.0 Å². The van der Waals surface area contributed by atoms with Crippen LogP contribution in [0.5, 0.6) is 0 Å². The molecule has 32 heavy (non-hydrogen) atoms. The minimum atomic E-state index is -3.84. The van der Waals surface area contributed by atoms with E-state index in [1.54, 1.807) is 73.9 Å². The zero-order chi connectivity index (χ0) is 22.7. The Morgan fingerprint density at radius 1 is 1.06 bits per heavy atom. The number of carbonyl (C=O) groups excluding carboxylic acids is 1. The monoisotopic (exact) mass is 452 g/mol. The van der Waals surface area contributed by atoms with Gasteiger partial charge in [0.25, 0.3) is 0 Å². The molecule has 3 aromatic rings. The number of ether oxygens (including phenoxy) is 1. The molecule has 1 N–H and O–H groups in total. The van der Waals surface area contributed by atoms with E-state index < -0.39 is 28.1 Å². The lowest BCUT2D eigenvalue weighted by atomic mass is 9.95. The fraction of sp³-hybridized carbons (Fsp3) is 0.250. The summed E-state index contributed by atoms with van der Waals surface area (Å²) in [5.74, 6) is -0.411. The highest BCUT2D eigenvalue weighted by molar-refractivity contribution is 7.89. The van der Waals surface area contributed by atoms with Gasteiger partial charge in [-0.15, -0.1) is 0 Å². The first-order valence-corrected chi connectivity index (χ1v) is 11.8. The van der Waals surface area contributed by atoms with Crippen LogP contribution in [-0.4, -0.2) is 41.4 Å². The fourth-order valence-corrected chi connectivity index (χ4v) is 5.80. The third-order valence-electron chi connectivity index (χ3n) is 5.53. The topological polar surface area (TPSA) is 96.8 Å². The fourth-order valence-electron chi connectivity index (χ4n) is 3.95. The van der Waals surface area contributed by atoms with Crippen LogP contribution < -0.4 is 0 Å². The molecule has 0 spiro atoms. The molecule has 1 aliphatic rings. The Bertz CT molecular complexity index is 1200. The van der Waals surface area contributed by atoms with Crippen molar-refractivity contribution in [2.45, 2.75) is 36.9 Å². The second-order valence-corrected chi connectivity index (χ2v) is 9.44. The van der Waals surface area contributed by atoms with Crippen LogP contribution >= 0.6 is 0 Å². The molecule has 0 saturated carbocycles. The Kier molecular flexibility index (Phi) is 6.36. The number of aliphatic hydroxyl groups excluding tert-OH is 1. The van der Waals surface area contributed by atoms with Crippen LogP contribution in [0, 0.1) is 0 Å². The molecule has 0 amide bonds. The molecule has 166 valence electrons. The number of hydrogen-bond acceptors (Lipinski definition) is 6. The maximum atomic E-state index is 13.5. The SMILES string of the molecule is CCOC(=O)c1ccc(C[C@@H]2[C@H](O)c3ccccc3S(=O)(=O)N2Cc2cccnc2)cc1. The molecule has 4 rings (SSSR count). The zero-order valence-corrected chi connectivity index (χ0v) is 18.4. The minimum Gasteiger partial charge on any atom is -0.462 e. The summed E-state index contributed by atoms with van der Waals surface area (Å²) < 4.78 is 33.4. The van der Waals surface area contributed by atoms with Gasteiger partial charge >= 0.3 is 5.97 Å². The first-order valence-electron chi connectivity index (χ1n) is 10.4. The summed E-state index contributed by atoms with van der Waals surface area (Å²) in [7, 11) is -3.84. The number of hydrogen-bond donors (Lipinski definition) is 1. The van der Waals surface area contributed by atoms with E-state index in [-0.39, 0.29) is 24.5 Å². The summed E-state index contributed by atoms with van der Waals surface area (Å²) in [6.45, 7) is 2.12. The molecule has 0 aliphatic carbocycles. The van der Waals surface area contributed by atoms with Crippen molar-refractivity contribution in [3.8, 4) is 0 Å². The van der Waals surface area contributed by atoms with Gasteiger partial charge in [-0.2, -0.15) is 4.31 Å². The Morgan fingerprint density at radius 3 is 2.50 bits per heavy atom. The van der Waals surface area contributed by atoms with Crippen molar-refractivity contribution < 1.29 is 23.1 Å². The molecule has 8 heteroatoms. The second kappa shape index (κ2) is 9.20. The molecule has 0 bridgehead atoms. The van der Waals surface area contributed by atoms with E-state index in [0.717, 1.165) is 11.1 Å². The van der Waals surface area contributed by atoms with Gasteiger partial charge < -0.3 is 9.84 Å². The molecule has 1 aromatic heterocycles. The number of benzene rings is 2. The Hall–Kier alpha value is -3.07. The number of fused-ring (bicyclic) bond motifs is 1. The van der Waals surface area contributed by atoms with Crippen LogP contribution in [0.2, 0.25) is 0 Å². The Morgan fingerprint density at radius 2 is 1.81 bits per heavy atom. The van der Waals surface area contributed by atoms with E-state index in [9.17, 15) is 18.3 Å². The highest BCUT2D eigenvalue weighted by Gasteiger charge is 2.43. The number of carbonyl (C=O) groups is 1. The van der Waals surface area contributed by atoms with Gasteiger partial charge in [0.15, 0.2) is 0 Å². The summed E-state index contributed by atoms with van der Waals surface area (Å²) in [4.78, 5) is 16.1. The van der Waals surface area contributed by atoms with E-state index in [1.807, 2.05) is 0 Å². The van der Waals surface area contributed by atoms with E-state index >= 15 is 0 Å². The van der Waals surface area contributed by atoms with Crippen molar-refractivity contribution in [3.63, 3.8) is 0 Å². The van der Waals surface area contributed by atoms with Gasteiger partial charge in [-0.3, -0.25) is 4.98 Å². The molecule has 0 unspecified atom stereocenters. The molecular formula is C24H24N2O5S. The first kappa shape index (κ1) is 22.1. The molecule has 0 fully saturated rings. The second-order valence-electron chi connectivity index (χ2n) is 7.58. The average Bonchev–Trinajstić information content (AvgIpc) is 2.81. The van der Waals surface area contributed by atoms with Gasteiger partial charge in [0.2, 0.25) is 10.0 Å². The molecule has 7 nitrogen and oxygen atoms in total. The smallest absolute Gasteiger partial charge is 0.338 e. The number of pyridine rings is 1. The largest absolute Gasteiger partial charge is 0.462 e. The predicted molar refractivity (Wildman–Crippen MR) is 118 cm³/mol. The maximum absolute atomic E-state index is 13.5. The van der Waals surface area contributed by atoms with E-state index in [1.165, 1.54) is 10.4 Å². The average molecular weight is 453 g/mol. The van der Waals surface area contributed by atoms with Crippen molar-refractivity contribution in [2.75, 3.05) is 6.61 Å². The van der Waals surface area contributed by atoms with Crippen molar-refractivity contribution in [1.82, 2.24) is 9.29 Å². The van der Waals surface area contributed by atoms with Crippen molar-refractivity contribution in [2.24, 2.45) is 0 Å². The number of sulfonamides is 1. The summed E-state index contributed by atoms with van der Waals surface area (Å²) in [5, 5.41) is 11.2.